The second-order valence-electron chi connectivity index (χ2n) is 7.14. The first kappa shape index (κ1) is 19.7. The van der Waals surface area contributed by atoms with Gasteiger partial charge in [0.1, 0.15) is 0 Å². The Hall–Kier alpha value is -2.60. The van der Waals surface area contributed by atoms with Gasteiger partial charge >= 0.3 is 0 Å². The van der Waals surface area contributed by atoms with Gasteiger partial charge in [0, 0.05) is 24.6 Å². The number of carbonyl (C=O) groups excluding carboxylic acids is 1. The Bertz CT molecular complexity index is 968. The molecule has 2 heterocycles. The molecule has 152 valence electrons. The molecule has 2 aromatic carbocycles. The number of likely N-dealkylation sites (tertiary alicyclic amines) is 1. The highest BCUT2D eigenvalue weighted by Crippen LogP contribution is 2.34. The van der Waals surface area contributed by atoms with Crippen LogP contribution in [-0.4, -0.2) is 42.1 Å². The number of para-hydroxylation sites is 1. The first-order valence-corrected chi connectivity index (χ1v) is 11.1. The number of ether oxygens (including phenoxy) is 2. The van der Waals surface area contributed by atoms with Crippen LogP contribution < -0.4 is 9.47 Å². The van der Waals surface area contributed by atoms with Crippen molar-refractivity contribution in [2.45, 2.75) is 32.6 Å². The van der Waals surface area contributed by atoms with Gasteiger partial charge in [-0.2, -0.15) is 0 Å². The fraction of sp³-hybridized carbons (Fsp3) is 0.391. The van der Waals surface area contributed by atoms with E-state index in [0.29, 0.717) is 42.7 Å². The molecule has 1 saturated heterocycles. The zero-order chi connectivity index (χ0) is 20.2. The van der Waals surface area contributed by atoms with E-state index in [1.807, 2.05) is 43.0 Å². The van der Waals surface area contributed by atoms with Crippen LogP contribution in [0.1, 0.15) is 48.0 Å². The molecule has 0 saturated carbocycles. The highest BCUT2D eigenvalue weighted by molar-refractivity contribution is 7.18. The predicted octanol–water partition coefficient (Wildman–Crippen LogP) is 5.11. The van der Waals surface area contributed by atoms with Gasteiger partial charge in [0.15, 0.2) is 11.5 Å². The standard InChI is InChI=1S/C23H26N2O3S/c1-3-27-19-12-11-16(14-20(19)28-4-2)23(26)25-13-7-8-17(15-25)22-24-18-9-5-6-10-21(18)29-22/h5-6,9-12,14,17H,3-4,7-8,13,15H2,1-2H3/t17-/m1/s1. The van der Waals surface area contributed by atoms with Gasteiger partial charge in [-0.3, -0.25) is 4.79 Å². The van der Waals surface area contributed by atoms with Crippen molar-refractivity contribution >= 4 is 27.5 Å². The number of nitrogens with zero attached hydrogens (tertiary/aromatic N) is 2. The Labute approximate surface area is 175 Å². The van der Waals surface area contributed by atoms with Crippen LogP contribution in [0.2, 0.25) is 0 Å². The highest BCUT2D eigenvalue weighted by Gasteiger charge is 2.28. The maximum absolute atomic E-state index is 13.2. The number of hydrogen-bond acceptors (Lipinski definition) is 5. The van der Waals surface area contributed by atoms with E-state index >= 15 is 0 Å². The lowest BCUT2D eigenvalue weighted by Crippen LogP contribution is -2.39. The average Bonchev–Trinajstić information content (AvgIpc) is 3.19. The van der Waals surface area contributed by atoms with Crippen LogP contribution in [0.25, 0.3) is 10.2 Å². The molecule has 1 atom stereocenters. The normalized spacial score (nSPS) is 16.8. The summed E-state index contributed by atoms with van der Waals surface area (Å²) in [4.78, 5) is 20.0. The third-order valence-electron chi connectivity index (χ3n) is 5.16. The first-order valence-electron chi connectivity index (χ1n) is 10.2. The van der Waals surface area contributed by atoms with Crippen molar-refractivity contribution in [3.8, 4) is 11.5 Å². The van der Waals surface area contributed by atoms with Crippen LogP contribution >= 0.6 is 11.3 Å². The molecule has 1 aliphatic heterocycles. The molecule has 0 N–H and O–H groups in total. The molecule has 1 aromatic heterocycles. The fourth-order valence-electron chi connectivity index (χ4n) is 3.79. The van der Waals surface area contributed by atoms with Crippen molar-refractivity contribution in [2.24, 2.45) is 0 Å². The first-order chi connectivity index (χ1) is 14.2. The zero-order valence-electron chi connectivity index (χ0n) is 16.9. The molecule has 5 nitrogen and oxygen atoms in total. The summed E-state index contributed by atoms with van der Waals surface area (Å²) in [7, 11) is 0. The minimum absolute atomic E-state index is 0.0415. The van der Waals surface area contributed by atoms with E-state index < -0.39 is 0 Å². The minimum Gasteiger partial charge on any atom is -0.490 e. The van der Waals surface area contributed by atoms with Gasteiger partial charge in [-0.25, -0.2) is 4.98 Å². The number of benzene rings is 2. The summed E-state index contributed by atoms with van der Waals surface area (Å²) in [5.41, 5.74) is 1.69. The van der Waals surface area contributed by atoms with Gasteiger partial charge in [0.25, 0.3) is 5.91 Å². The summed E-state index contributed by atoms with van der Waals surface area (Å²) in [6.45, 7) is 6.43. The van der Waals surface area contributed by atoms with E-state index in [1.165, 1.54) is 4.70 Å². The van der Waals surface area contributed by atoms with Crippen molar-refractivity contribution < 1.29 is 14.3 Å². The van der Waals surface area contributed by atoms with Gasteiger partial charge in [0.05, 0.1) is 28.4 Å². The number of fused-ring (bicyclic) bond motifs is 1. The van der Waals surface area contributed by atoms with Gasteiger partial charge in [-0.15, -0.1) is 11.3 Å². The maximum atomic E-state index is 13.2. The zero-order valence-corrected chi connectivity index (χ0v) is 17.7. The molecule has 3 aromatic rings. The van der Waals surface area contributed by atoms with E-state index in [-0.39, 0.29) is 5.91 Å². The molecule has 6 heteroatoms. The molecule has 29 heavy (non-hydrogen) atoms. The minimum atomic E-state index is 0.0415. The fourth-order valence-corrected chi connectivity index (χ4v) is 4.89. The summed E-state index contributed by atoms with van der Waals surface area (Å²) in [5.74, 6) is 1.64. The Balaban J connectivity index is 1.53. The largest absolute Gasteiger partial charge is 0.490 e. The van der Waals surface area contributed by atoms with Crippen LogP contribution in [0.3, 0.4) is 0 Å². The summed E-state index contributed by atoms with van der Waals surface area (Å²) in [6.07, 6.45) is 2.05. The monoisotopic (exact) mass is 410 g/mol. The number of hydrogen-bond donors (Lipinski definition) is 0. The molecule has 0 unspecified atom stereocenters. The number of thiazole rings is 1. The number of aromatic nitrogens is 1. The molecule has 4 rings (SSSR count). The molecule has 1 aliphatic rings. The van der Waals surface area contributed by atoms with Crippen LogP contribution in [0, 0.1) is 0 Å². The van der Waals surface area contributed by atoms with Crippen molar-refractivity contribution in [3.63, 3.8) is 0 Å². The van der Waals surface area contributed by atoms with E-state index in [4.69, 9.17) is 14.5 Å². The molecule has 1 amide bonds. The quantitative estimate of drug-likeness (QED) is 0.566. The smallest absolute Gasteiger partial charge is 0.254 e. The van der Waals surface area contributed by atoms with Crippen molar-refractivity contribution in [1.82, 2.24) is 9.88 Å². The van der Waals surface area contributed by atoms with Crippen molar-refractivity contribution in [1.29, 1.82) is 0 Å². The molecular weight excluding hydrogens is 384 g/mol. The summed E-state index contributed by atoms with van der Waals surface area (Å²) in [6, 6.07) is 13.7. The topological polar surface area (TPSA) is 51.7 Å². The number of rotatable bonds is 6. The number of carbonyl (C=O) groups is 1. The summed E-state index contributed by atoms with van der Waals surface area (Å²) < 4.78 is 12.5. The molecule has 0 spiro atoms. The van der Waals surface area contributed by atoms with E-state index in [0.717, 1.165) is 29.9 Å². The van der Waals surface area contributed by atoms with Crippen molar-refractivity contribution in [3.05, 3.63) is 53.0 Å². The van der Waals surface area contributed by atoms with E-state index in [1.54, 1.807) is 17.4 Å². The van der Waals surface area contributed by atoms with E-state index in [9.17, 15) is 4.79 Å². The van der Waals surface area contributed by atoms with E-state index in [2.05, 4.69) is 12.1 Å². The number of amides is 1. The average molecular weight is 411 g/mol. The number of piperidine rings is 1. The lowest BCUT2D eigenvalue weighted by molar-refractivity contribution is 0.0706. The van der Waals surface area contributed by atoms with Crippen LogP contribution in [0.5, 0.6) is 11.5 Å². The van der Waals surface area contributed by atoms with Gasteiger partial charge < -0.3 is 14.4 Å². The van der Waals surface area contributed by atoms with Gasteiger partial charge in [-0.05, 0) is 57.0 Å². The lowest BCUT2D eigenvalue weighted by atomic mass is 9.98. The summed E-state index contributed by atoms with van der Waals surface area (Å²) in [5, 5.41) is 1.13. The van der Waals surface area contributed by atoms with Crippen LogP contribution in [-0.2, 0) is 0 Å². The molecule has 0 radical (unpaired) electrons. The second-order valence-corrected chi connectivity index (χ2v) is 8.20. The SMILES string of the molecule is CCOc1ccc(C(=O)N2CCC[C@@H](c3nc4ccccc4s3)C2)cc1OCC. The van der Waals surface area contributed by atoms with Crippen molar-refractivity contribution in [2.75, 3.05) is 26.3 Å². The molecule has 1 fully saturated rings. The Morgan fingerprint density at radius 1 is 1.14 bits per heavy atom. The predicted molar refractivity (Wildman–Crippen MR) is 116 cm³/mol. The third kappa shape index (κ3) is 4.22. The third-order valence-corrected chi connectivity index (χ3v) is 6.36. The second kappa shape index (κ2) is 8.82. The van der Waals surface area contributed by atoms with Crippen LogP contribution in [0.4, 0.5) is 0 Å². The van der Waals surface area contributed by atoms with Gasteiger partial charge in [-0.1, -0.05) is 12.1 Å². The Morgan fingerprint density at radius 3 is 2.72 bits per heavy atom. The van der Waals surface area contributed by atoms with Gasteiger partial charge in [0.2, 0.25) is 0 Å². The summed E-state index contributed by atoms with van der Waals surface area (Å²) >= 11 is 1.74. The molecule has 0 bridgehead atoms. The molecule has 0 aliphatic carbocycles. The highest BCUT2D eigenvalue weighted by atomic mass is 32.1. The molecular formula is C23H26N2O3S. The lowest BCUT2D eigenvalue weighted by Gasteiger charge is -2.32. The Morgan fingerprint density at radius 2 is 1.93 bits per heavy atom. The Kier molecular flexibility index (Phi) is 6.00. The van der Waals surface area contributed by atoms with Crippen LogP contribution in [0.15, 0.2) is 42.5 Å². The maximum Gasteiger partial charge on any atom is 0.254 e.